The highest BCUT2D eigenvalue weighted by atomic mass is 16.5. The summed E-state index contributed by atoms with van der Waals surface area (Å²) in [7, 11) is 1.73. The molecule has 1 saturated heterocycles. The summed E-state index contributed by atoms with van der Waals surface area (Å²) >= 11 is 0. The normalized spacial score (nSPS) is 22.7. The summed E-state index contributed by atoms with van der Waals surface area (Å²) in [6.07, 6.45) is 4.73. The molecule has 0 radical (unpaired) electrons. The van der Waals surface area contributed by atoms with Crippen molar-refractivity contribution in [2.24, 2.45) is 5.92 Å². The quantitative estimate of drug-likeness (QED) is 0.829. The number of methoxy groups -OCH3 is 1. The van der Waals surface area contributed by atoms with E-state index in [0.717, 1.165) is 37.6 Å². The van der Waals surface area contributed by atoms with Gasteiger partial charge in [0.2, 0.25) is 5.91 Å². The molecule has 1 aromatic rings. The zero-order valence-corrected chi connectivity index (χ0v) is 12.4. The maximum atomic E-state index is 11.4. The molecule has 1 fully saturated rings. The fraction of sp³-hybridized carbons (Fsp3) is 0.588. The van der Waals surface area contributed by atoms with Gasteiger partial charge >= 0.3 is 0 Å². The number of rotatable bonds is 2. The average molecular weight is 273 g/mol. The number of piperidine rings is 1. The van der Waals surface area contributed by atoms with E-state index in [1.54, 1.807) is 14.0 Å². The van der Waals surface area contributed by atoms with Crippen molar-refractivity contribution in [3.05, 3.63) is 29.3 Å². The van der Waals surface area contributed by atoms with Gasteiger partial charge in [0.15, 0.2) is 0 Å². The second kappa shape index (κ2) is 5.47. The number of aryl methyl sites for hydroxylation is 1. The van der Waals surface area contributed by atoms with Crippen molar-refractivity contribution in [3.63, 3.8) is 0 Å². The van der Waals surface area contributed by atoms with Gasteiger partial charge in [-0.25, -0.2) is 0 Å². The number of carbonyl (C=O) groups is 1. The smallest absolute Gasteiger partial charge is 0.219 e. The van der Waals surface area contributed by atoms with Crippen LogP contribution in [0.3, 0.4) is 0 Å². The Balaban J connectivity index is 1.73. The van der Waals surface area contributed by atoms with Gasteiger partial charge in [0, 0.05) is 20.0 Å². The van der Waals surface area contributed by atoms with Crippen molar-refractivity contribution >= 4 is 5.91 Å². The number of amides is 1. The second-order valence-corrected chi connectivity index (χ2v) is 6.05. The molecule has 1 atom stereocenters. The van der Waals surface area contributed by atoms with E-state index in [2.05, 4.69) is 18.2 Å². The van der Waals surface area contributed by atoms with Gasteiger partial charge in [-0.15, -0.1) is 0 Å². The summed E-state index contributed by atoms with van der Waals surface area (Å²) in [6.45, 7) is 3.53. The van der Waals surface area contributed by atoms with E-state index in [0.29, 0.717) is 5.92 Å². The largest absolute Gasteiger partial charge is 0.497 e. The number of hydrogen-bond acceptors (Lipinski definition) is 2. The van der Waals surface area contributed by atoms with E-state index in [-0.39, 0.29) is 5.91 Å². The van der Waals surface area contributed by atoms with Gasteiger partial charge in [-0.2, -0.15) is 0 Å². The molecule has 20 heavy (non-hydrogen) atoms. The molecule has 3 heteroatoms. The zero-order valence-electron chi connectivity index (χ0n) is 12.4. The average Bonchev–Trinajstić information content (AvgIpc) is 2.90. The number of fused-ring (bicyclic) bond motifs is 1. The van der Waals surface area contributed by atoms with E-state index in [1.807, 2.05) is 4.90 Å². The fourth-order valence-corrected chi connectivity index (χ4v) is 3.85. The van der Waals surface area contributed by atoms with Crippen molar-refractivity contribution in [1.29, 1.82) is 0 Å². The van der Waals surface area contributed by atoms with Crippen LogP contribution in [0, 0.1) is 5.92 Å². The monoisotopic (exact) mass is 273 g/mol. The first kappa shape index (κ1) is 13.5. The van der Waals surface area contributed by atoms with E-state index in [9.17, 15) is 4.79 Å². The van der Waals surface area contributed by atoms with Crippen LogP contribution in [0.25, 0.3) is 0 Å². The van der Waals surface area contributed by atoms with E-state index in [4.69, 9.17) is 4.74 Å². The first-order valence-corrected chi connectivity index (χ1v) is 7.61. The summed E-state index contributed by atoms with van der Waals surface area (Å²) in [5.41, 5.74) is 2.98. The van der Waals surface area contributed by atoms with Crippen molar-refractivity contribution < 1.29 is 9.53 Å². The van der Waals surface area contributed by atoms with Gasteiger partial charge in [-0.05, 0) is 60.8 Å². The van der Waals surface area contributed by atoms with E-state index < -0.39 is 0 Å². The topological polar surface area (TPSA) is 29.5 Å². The van der Waals surface area contributed by atoms with Gasteiger partial charge in [0.05, 0.1) is 7.11 Å². The van der Waals surface area contributed by atoms with Gasteiger partial charge in [0.25, 0.3) is 0 Å². The maximum Gasteiger partial charge on any atom is 0.219 e. The molecule has 1 heterocycles. The minimum absolute atomic E-state index is 0.219. The third kappa shape index (κ3) is 2.41. The molecule has 1 unspecified atom stereocenters. The molecule has 1 aliphatic carbocycles. The Morgan fingerprint density at radius 1 is 1.25 bits per heavy atom. The molecule has 3 nitrogen and oxygen atoms in total. The van der Waals surface area contributed by atoms with Crippen LogP contribution in [0.5, 0.6) is 5.75 Å². The third-order valence-corrected chi connectivity index (χ3v) is 5.03. The van der Waals surface area contributed by atoms with Gasteiger partial charge in [-0.1, -0.05) is 6.07 Å². The lowest BCUT2D eigenvalue weighted by atomic mass is 9.81. The van der Waals surface area contributed by atoms with E-state index >= 15 is 0 Å². The second-order valence-electron chi connectivity index (χ2n) is 6.05. The van der Waals surface area contributed by atoms with Crippen molar-refractivity contribution in [2.45, 2.75) is 38.5 Å². The van der Waals surface area contributed by atoms with Crippen molar-refractivity contribution in [1.82, 2.24) is 4.90 Å². The van der Waals surface area contributed by atoms with Crippen LogP contribution in [0.1, 0.15) is 43.2 Å². The Bertz CT molecular complexity index is 504. The Labute approximate surface area is 120 Å². The highest BCUT2D eigenvalue weighted by Gasteiger charge is 2.32. The predicted octanol–water partition coefficient (Wildman–Crippen LogP) is 2.98. The Morgan fingerprint density at radius 3 is 2.65 bits per heavy atom. The summed E-state index contributed by atoms with van der Waals surface area (Å²) in [6, 6.07) is 6.52. The standard InChI is InChI=1S/C17H23NO2/c1-12(19)18-9-7-14(8-10-18)16-6-4-13-3-5-15(20-2)11-17(13)16/h3,5,11,14,16H,4,6-10H2,1-2H3. The first-order chi connectivity index (χ1) is 9.69. The van der Waals surface area contributed by atoms with E-state index in [1.165, 1.54) is 24.0 Å². The van der Waals surface area contributed by atoms with Crippen LogP contribution < -0.4 is 4.74 Å². The molecule has 108 valence electrons. The summed E-state index contributed by atoms with van der Waals surface area (Å²) in [5.74, 6) is 2.57. The first-order valence-electron chi connectivity index (χ1n) is 7.61. The molecule has 1 aliphatic heterocycles. The molecule has 2 aliphatic rings. The fourth-order valence-electron chi connectivity index (χ4n) is 3.85. The number of carbonyl (C=O) groups excluding carboxylic acids is 1. The lowest BCUT2D eigenvalue weighted by Gasteiger charge is -2.34. The molecule has 0 spiro atoms. The molecule has 1 aromatic carbocycles. The number of hydrogen-bond donors (Lipinski definition) is 0. The Hall–Kier alpha value is -1.51. The molecular formula is C17H23NO2. The molecule has 0 saturated carbocycles. The SMILES string of the molecule is COc1ccc2c(c1)C(C1CCN(C(C)=O)CC1)CC2. The zero-order chi connectivity index (χ0) is 14.1. The van der Waals surface area contributed by atoms with Crippen LogP contribution in [0.4, 0.5) is 0 Å². The van der Waals surface area contributed by atoms with Gasteiger partial charge in [0.1, 0.15) is 5.75 Å². The molecule has 1 amide bonds. The number of likely N-dealkylation sites (tertiary alicyclic amines) is 1. The third-order valence-electron chi connectivity index (χ3n) is 5.03. The molecule has 0 bridgehead atoms. The lowest BCUT2D eigenvalue weighted by Crippen LogP contribution is -2.38. The van der Waals surface area contributed by atoms with Gasteiger partial charge in [-0.3, -0.25) is 4.79 Å². The predicted molar refractivity (Wildman–Crippen MR) is 79.0 cm³/mol. The lowest BCUT2D eigenvalue weighted by molar-refractivity contribution is -0.130. The highest BCUT2D eigenvalue weighted by molar-refractivity contribution is 5.73. The summed E-state index contributed by atoms with van der Waals surface area (Å²) in [5, 5.41) is 0. The Morgan fingerprint density at radius 2 is 2.00 bits per heavy atom. The number of nitrogens with zero attached hydrogens (tertiary/aromatic N) is 1. The van der Waals surface area contributed by atoms with Crippen molar-refractivity contribution in [3.8, 4) is 5.75 Å². The number of ether oxygens (including phenoxy) is 1. The Kier molecular flexibility index (Phi) is 3.68. The molecular weight excluding hydrogens is 250 g/mol. The van der Waals surface area contributed by atoms with Gasteiger partial charge < -0.3 is 9.64 Å². The van der Waals surface area contributed by atoms with Crippen LogP contribution in [-0.2, 0) is 11.2 Å². The highest BCUT2D eigenvalue weighted by Crippen LogP contribution is 2.43. The summed E-state index contributed by atoms with van der Waals surface area (Å²) < 4.78 is 5.37. The maximum absolute atomic E-state index is 11.4. The van der Waals surface area contributed by atoms with Crippen LogP contribution in [0.15, 0.2) is 18.2 Å². The van der Waals surface area contributed by atoms with Crippen LogP contribution >= 0.6 is 0 Å². The molecule has 0 aromatic heterocycles. The molecule has 0 N–H and O–H groups in total. The van der Waals surface area contributed by atoms with Crippen LogP contribution in [-0.4, -0.2) is 31.0 Å². The van der Waals surface area contributed by atoms with Crippen molar-refractivity contribution in [2.75, 3.05) is 20.2 Å². The number of benzene rings is 1. The summed E-state index contributed by atoms with van der Waals surface area (Å²) in [4.78, 5) is 13.4. The minimum atomic E-state index is 0.219. The molecule has 3 rings (SSSR count). The van der Waals surface area contributed by atoms with Crippen LogP contribution in [0.2, 0.25) is 0 Å². The minimum Gasteiger partial charge on any atom is -0.497 e.